The van der Waals surface area contributed by atoms with Gasteiger partial charge < -0.3 is 5.32 Å². The molecular formula is C18H31NO. The van der Waals surface area contributed by atoms with Gasteiger partial charge in [0.15, 0.2) is 0 Å². The summed E-state index contributed by atoms with van der Waals surface area (Å²) in [6.45, 7) is 11.1. The van der Waals surface area contributed by atoms with Gasteiger partial charge in [-0.15, -0.1) is 0 Å². The number of carbonyl (C=O) groups excluding carboxylic acids is 1. The van der Waals surface area contributed by atoms with Crippen molar-refractivity contribution in [3.63, 3.8) is 0 Å². The highest BCUT2D eigenvalue weighted by atomic mass is 16.1. The maximum absolute atomic E-state index is 11.1. The zero-order chi connectivity index (χ0) is 15.4. The Hall–Kier alpha value is -1.31. The molecule has 0 aliphatic rings. The minimum absolute atomic E-state index is 0.115. The summed E-state index contributed by atoms with van der Waals surface area (Å²) in [6, 6.07) is 0. The van der Waals surface area contributed by atoms with Gasteiger partial charge in [-0.2, -0.15) is 0 Å². The van der Waals surface area contributed by atoms with Crippen molar-refractivity contribution in [1.29, 1.82) is 0 Å². The molecule has 1 N–H and O–H groups in total. The molecular weight excluding hydrogens is 246 g/mol. The van der Waals surface area contributed by atoms with Crippen LogP contribution in [0.25, 0.3) is 0 Å². The molecule has 0 aromatic rings. The topological polar surface area (TPSA) is 29.1 Å². The van der Waals surface area contributed by atoms with E-state index in [0.29, 0.717) is 13.0 Å². The summed E-state index contributed by atoms with van der Waals surface area (Å²) in [5.41, 5.74) is 4.20. The largest absolute Gasteiger partial charge is 0.353 e. The summed E-state index contributed by atoms with van der Waals surface area (Å²) in [5, 5.41) is 2.86. The quantitative estimate of drug-likeness (QED) is 0.595. The van der Waals surface area contributed by atoms with Crippen molar-refractivity contribution in [3.8, 4) is 0 Å². The molecule has 114 valence electrons. The third-order valence-electron chi connectivity index (χ3n) is 3.19. The van der Waals surface area contributed by atoms with E-state index < -0.39 is 0 Å². The molecule has 0 rings (SSSR count). The molecule has 0 atom stereocenters. The SMILES string of the molecule is CCC(=O)NCC=C(C)CCC=C(C)CCC=C(C)C. The van der Waals surface area contributed by atoms with Gasteiger partial charge in [0.2, 0.25) is 5.91 Å². The van der Waals surface area contributed by atoms with E-state index in [9.17, 15) is 4.79 Å². The van der Waals surface area contributed by atoms with Crippen molar-refractivity contribution in [2.75, 3.05) is 6.54 Å². The predicted molar refractivity (Wildman–Crippen MR) is 88.7 cm³/mol. The third-order valence-corrected chi connectivity index (χ3v) is 3.19. The Morgan fingerprint density at radius 2 is 1.45 bits per heavy atom. The number of allylic oxidation sites excluding steroid dienone is 5. The minimum atomic E-state index is 0.115. The van der Waals surface area contributed by atoms with Crippen molar-refractivity contribution in [1.82, 2.24) is 5.32 Å². The second-order valence-electron chi connectivity index (χ2n) is 5.62. The average molecular weight is 277 g/mol. The van der Waals surface area contributed by atoms with Gasteiger partial charge in [0, 0.05) is 13.0 Å². The first-order valence-electron chi connectivity index (χ1n) is 7.67. The molecule has 0 saturated heterocycles. The summed E-state index contributed by atoms with van der Waals surface area (Å²) in [5.74, 6) is 0.115. The van der Waals surface area contributed by atoms with Crippen LogP contribution >= 0.6 is 0 Å². The summed E-state index contributed by atoms with van der Waals surface area (Å²) in [4.78, 5) is 11.1. The van der Waals surface area contributed by atoms with Crippen LogP contribution in [0.3, 0.4) is 0 Å². The lowest BCUT2D eigenvalue weighted by Gasteiger charge is -2.03. The van der Waals surface area contributed by atoms with E-state index >= 15 is 0 Å². The van der Waals surface area contributed by atoms with Crippen molar-refractivity contribution in [2.24, 2.45) is 0 Å². The number of amides is 1. The standard InChI is InChI=1S/C18H31NO/c1-6-18(20)19-14-13-17(5)12-8-11-16(4)10-7-9-15(2)3/h9,11,13H,6-8,10,12,14H2,1-5H3,(H,19,20). The molecule has 0 fully saturated rings. The van der Waals surface area contributed by atoms with Crippen molar-refractivity contribution in [3.05, 3.63) is 34.9 Å². The fraction of sp³-hybridized carbons (Fsp3) is 0.611. The highest BCUT2D eigenvalue weighted by Gasteiger charge is 1.94. The third kappa shape index (κ3) is 11.8. The monoisotopic (exact) mass is 277 g/mol. The number of hydrogen-bond donors (Lipinski definition) is 1. The predicted octanol–water partition coefficient (Wildman–Crippen LogP) is 4.93. The Morgan fingerprint density at radius 3 is 2.00 bits per heavy atom. The Kier molecular flexibility index (Phi) is 10.8. The summed E-state index contributed by atoms with van der Waals surface area (Å²) >= 11 is 0. The Balaban J connectivity index is 3.88. The fourth-order valence-corrected chi connectivity index (χ4v) is 1.80. The molecule has 1 amide bonds. The zero-order valence-electron chi connectivity index (χ0n) is 13.9. The maximum atomic E-state index is 11.1. The van der Waals surface area contributed by atoms with E-state index in [1.165, 1.54) is 16.7 Å². The van der Waals surface area contributed by atoms with Crippen LogP contribution in [0.5, 0.6) is 0 Å². The van der Waals surface area contributed by atoms with Crippen molar-refractivity contribution < 1.29 is 4.79 Å². The molecule has 20 heavy (non-hydrogen) atoms. The molecule has 2 nitrogen and oxygen atoms in total. The molecule has 0 radical (unpaired) electrons. The van der Waals surface area contributed by atoms with E-state index in [0.717, 1.165) is 25.7 Å². The second-order valence-corrected chi connectivity index (χ2v) is 5.62. The van der Waals surface area contributed by atoms with E-state index in [4.69, 9.17) is 0 Å². The van der Waals surface area contributed by atoms with Crippen LogP contribution in [0.4, 0.5) is 0 Å². The van der Waals surface area contributed by atoms with Crippen LogP contribution in [-0.2, 0) is 4.79 Å². The Labute approximate surface area is 125 Å². The van der Waals surface area contributed by atoms with Crippen LogP contribution in [-0.4, -0.2) is 12.5 Å². The van der Waals surface area contributed by atoms with Gasteiger partial charge in [-0.3, -0.25) is 4.79 Å². The maximum Gasteiger partial charge on any atom is 0.219 e. The summed E-state index contributed by atoms with van der Waals surface area (Å²) in [7, 11) is 0. The summed E-state index contributed by atoms with van der Waals surface area (Å²) in [6.07, 6.45) is 11.7. The van der Waals surface area contributed by atoms with E-state index in [1.54, 1.807) is 0 Å². The van der Waals surface area contributed by atoms with Gasteiger partial charge in [0.25, 0.3) is 0 Å². The molecule has 0 aromatic carbocycles. The number of carbonyl (C=O) groups is 1. The summed E-state index contributed by atoms with van der Waals surface area (Å²) < 4.78 is 0. The first-order valence-corrected chi connectivity index (χ1v) is 7.67. The molecule has 0 heterocycles. The zero-order valence-corrected chi connectivity index (χ0v) is 13.9. The van der Waals surface area contributed by atoms with Gasteiger partial charge in [-0.05, 0) is 53.4 Å². The molecule has 0 aromatic heterocycles. The molecule has 0 bridgehead atoms. The highest BCUT2D eigenvalue weighted by molar-refractivity contribution is 5.75. The lowest BCUT2D eigenvalue weighted by Crippen LogP contribution is -2.22. The Bertz CT molecular complexity index is 371. The van der Waals surface area contributed by atoms with E-state index in [1.807, 2.05) is 6.92 Å². The van der Waals surface area contributed by atoms with E-state index in [-0.39, 0.29) is 5.91 Å². The van der Waals surface area contributed by atoms with Gasteiger partial charge in [0.05, 0.1) is 0 Å². The first kappa shape index (κ1) is 18.7. The second kappa shape index (κ2) is 11.5. The number of nitrogens with one attached hydrogen (secondary N) is 1. The van der Waals surface area contributed by atoms with Crippen molar-refractivity contribution in [2.45, 2.75) is 66.7 Å². The molecule has 0 aliphatic carbocycles. The van der Waals surface area contributed by atoms with Crippen LogP contribution in [0.2, 0.25) is 0 Å². The lowest BCUT2D eigenvalue weighted by molar-refractivity contribution is -0.120. The highest BCUT2D eigenvalue weighted by Crippen LogP contribution is 2.11. The molecule has 2 heteroatoms. The van der Waals surface area contributed by atoms with Gasteiger partial charge in [0.1, 0.15) is 0 Å². The van der Waals surface area contributed by atoms with Crippen LogP contribution in [0.15, 0.2) is 34.9 Å². The Morgan fingerprint density at radius 1 is 0.900 bits per heavy atom. The van der Waals surface area contributed by atoms with Gasteiger partial charge in [-0.25, -0.2) is 0 Å². The van der Waals surface area contributed by atoms with Gasteiger partial charge >= 0.3 is 0 Å². The normalized spacial score (nSPS) is 12.2. The fourth-order valence-electron chi connectivity index (χ4n) is 1.80. The van der Waals surface area contributed by atoms with Gasteiger partial charge in [-0.1, -0.05) is 41.9 Å². The lowest BCUT2D eigenvalue weighted by atomic mass is 10.1. The van der Waals surface area contributed by atoms with Crippen molar-refractivity contribution >= 4 is 5.91 Å². The smallest absolute Gasteiger partial charge is 0.219 e. The molecule has 0 unspecified atom stereocenters. The van der Waals surface area contributed by atoms with Crippen LogP contribution in [0, 0.1) is 0 Å². The van der Waals surface area contributed by atoms with E-state index in [2.05, 4.69) is 51.2 Å². The molecule has 0 spiro atoms. The molecule has 0 aliphatic heterocycles. The van der Waals surface area contributed by atoms with Crippen LogP contribution < -0.4 is 5.32 Å². The number of hydrogen-bond acceptors (Lipinski definition) is 1. The van der Waals surface area contributed by atoms with Crippen LogP contribution in [0.1, 0.15) is 66.7 Å². The first-order chi connectivity index (χ1) is 9.45. The minimum Gasteiger partial charge on any atom is -0.353 e. The molecule has 0 saturated carbocycles. The number of rotatable bonds is 9. The average Bonchev–Trinajstić information content (AvgIpc) is 2.38.